The fourth-order valence-electron chi connectivity index (χ4n) is 3.49. The third kappa shape index (κ3) is 4.40. The summed E-state index contributed by atoms with van der Waals surface area (Å²) in [6.45, 7) is 4.32. The highest BCUT2D eigenvalue weighted by molar-refractivity contribution is 5.86. The zero-order valence-electron chi connectivity index (χ0n) is 15.8. The average molecular weight is 375 g/mol. The first-order valence-corrected chi connectivity index (χ1v) is 9.70. The summed E-state index contributed by atoms with van der Waals surface area (Å²) < 4.78 is 5.97. The molecular formula is C22H25N5O. The Kier molecular flexibility index (Phi) is 5.68. The molecule has 28 heavy (non-hydrogen) atoms. The van der Waals surface area contributed by atoms with Crippen molar-refractivity contribution < 1.29 is 4.74 Å². The van der Waals surface area contributed by atoms with Gasteiger partial charge in [-0.2, -0.15) is 5.10 Å². The molecule has 1 fully saturated rings. The highest BCUT2D eigenvalue weighted by Crippen LogP contribution is 2.27. The van der Waals surface area contributed by atoms with Gasteiger partial charge >= 0.3 is 0 Å². The molecule has 0 unspecified atom stereocenters. The maximum atomic E-state index is 7.73. The maximum Gasteiger partial charge on any atom is 0.128 e. The third-order valence-corrected chi connectivity index (χ3v) is 5.02. The molecule has 0 aliphatic carbocycles. The van der Waals surface area contributed by atoms with Crippen LogP contribution in [0.2, 0.25) is 0 Å². The Morgan fingerprint density at radius 3 is 2.57 bits per heavy atom. The largest absolute Gasteiger partial charge is 0.457 e. The monoisotopic (exact) mass is 375 g/mol. The van der Waals surface area contributed by atoms with Crippen molar-refractivity contribution in [2.75, 3.05) is 31.5 Å². The van der Waals surface area contributed by atoms with Gasteiger partial charge in [-0.3, -0.25) is 5.10 Å². The zero-order valence-corrected chi connectivity index (χ0v) is 15.8. The van der Waals surface area contributed by atoms with E-state index in [4.69, 9.17) is 10.1 Å². The normalized spacial score (nSPS) is 14.1. The Bertz CT molecular complexity index is 899. The van der Waals surface area contributed by atoms with Gasteiger partial charge in [-0.25, -0.2) is 0 Å². The van der Waals surface area contributed by atoms with E-state index in [9.17, 15) is 0 Å². The molecule has 1 aromatic heterocycles. The molecule has 0 spiro atoms. The van der Waals surface area contributed by atoms with Crippen LogP contribution in [0, 0.1) is 5.41 Å². The number of rotatable bonds is 8. The molecule has 0 bridgehead atoms. The van der Waals surface area contributed by atoms with Gasteiger partial charge in [0.1, 0.15) is 11.5 Å². The molecule has 1 saturated heterocycles. The predicted molar refractivity (Wildman–Crippen MR) is 113 cm³/mol. The lowest BCUT2D eigenvalue weighted by molar-refractivity contribution is 0.352. The summed E-state index contributed by atoms with van der Waals surface area (Å²) in [4.78, 5) is 2.47. The number of hydrogen-bond donors (Lipinski definition) is 3. The molecule has 1 aliphatic heterocycles. The van der Waals surface area contributed by atoms with E-state index in [1.165, 1.54) is 32.1 Å². The van der Waals surface area contributed by atoms with Crippen LogP contribution in [0.5, 0.6) is 11.5 Å². The standard InChI is InChI=1S/C22H25N5O/c23-16-18-15-20(7-8-21(18)24-11-14-27-12-1-2-13-27)28-19-5-3-17(4-6-19)22-9-10-25-26-22/h3-10,15-16,23-24H,1-2,11-14H2,(H,25,26). The SMILES string of the molecule is N=Cc1cc(Oc2ccc(-c3ccn[nH]3)cc2)ccc1NCCN1CCCC1. The molecule has 2 aromatic carbocycles. The number of likely N-dealkylation sites (tertiary alicyclic amines) is 1. The van der Waals surface area contributed by atoms with Crippen LogP contribution in [-0.2, 0) is 0 Å². The smallest absolute Gasteiger partial charge is 0.128 e. The molecule has 4 rings (SSSR count). The van der Waals surface area contributed by atoms with Crippen molar-refractivity contribution in [2.45, 2.75) is 12.8 Å². The number of nitrogens with zero attached hydrogens (tertiary/aromatic N) is 2. The second kappa shape index (κ2) is 8.71. The van der Waals surface area contributed by atoms with Crippen molar-refractivity contribution in [2.24, 2.45) is 0 Å². The van der Waals surface area contributed by atoms with Gasteiger partial charge in [0.25, 0.3) is 0 Å². The lowest BCUT2D eigenvalue weighted by Crippen LogP contribution is -2.26. The first kappa shape index (κ1) is 18.3. The van der Waals surface area contributed by atoms with Gasteiger partial charge in [0.2, 0.25) is 0 Å². The van der Waals surface area contributed by atoms with Gasteiger partial charge in [0, 0.05) is 36.8 Å². The summed E-state index contributed by atoms with van der Waals surface area (Å²) >= 11 is 0. The van der Waals surface area contributed by atoms with E-state index in [1.54, 1.807) is 6.20 Å². The zero-order chi connectivity index (χ0) is 19.2. The van der Waals surface area contributed by atoms with E-state index in [0.29, 0.717) is 0 Å². The molecule has 0 radical (unpaired) electrons. The molecule has 6 heteroatoms. The number of anilines is 1. The van der Waals surface area contributed by atoms with Crippen molar-refractivity contribution in [3.8, 4) is 22.8 Å². The second-order valence-corrected chi connectivity index (χ2v) is 6.97. The Hall–Kier alpha value is -3.12. The third-order valence-electron chi connectivity index (χ3n) is 5.02. The highest BCUT2D eigenvalue weighted by atomic mass is 16.5. The van der Waals surface area contributed by atoms with Crippen LogP contribution < -0.4 is 10.1 Å². The lowest BCUT2D eigenvalue weighted by atomic mass is 10.1. The summed E-state index contributed by atoms with van der Waals surface area (Å²) in [5.41, 5.74) is 3.83. The van der Waals surface area contributed by atoms with E-state index < -0.39 is 0 Å². The molecule has 3 aromatic rings. The van der Waals surface area contributed by atoms with E-state index in [0.717, 1.165) is 47.1 Å². The van der Waals surface area contributed by atoms with Gasteiger partial charge < -0.3 is 20.4 Å². The van der Waals surface area contributed by atoms with E-state index >= 15 is 0 Å². The summed E-state index contributed by atoms with van der Waals surface area (Å²) in [6, 6.07) is 15.6. The van der Waals surface area contributed by atoms with Crippen LogP contribution >= 0.6 is 0 Å². The Balaban J connectivity index is 1.38. The van der Waals surface area contributed by atoms with Crippen molar-refractivity contribution in [1.82, 2.24) is 15.1 Å². The minimum Gasteiger partial charge on any atom is -0.457 e. The number of aromatic nitrogens is 2. The number of nitrogens with one attached hydrogen (secondary N) is 3. The maximum absolute atomic E-state index is 7.73. The Labute approximate surface area is 165 Å². The minimum atomic E-state index is 0.720. The van der Waals surface area contributed by atoms with Crippen LogP contribution in [0.4, 0.5) is 5.69 Å². The van der Waals surface area contributed by atoms with Crippen LogP contribution in [0.15, 0.2) is 54.7 Å². The highest BCUT2D eigenvalue weighted by Gasteiger charge is 2.11. The van der Waals surface area contributed by atoms with Gasteiger partial charge in [-0.05, 0) is 80.0 Å². The van der Waals surface area contributed by atoms with E-state index in [1.807, 2.05) is 48.5 Å². The Morgan fingerprint density at radius 2 is 1.86 bits per heavy atom. The van der Waals surface area contributed by atoms with Crippen LogP contribution in [0.25, 0.3) is 11.3 Å². The molecule has 144 valence electrons. The summed E-state index contributed by atoms with van der Waals surface area (Å²) in [7, 11) is 0. The summed E-state index contributed by atoms with van der Waals surface area (Å²) in [6.07, 6.45) is 5.72. The summed E-state index contributed by atoms with van der Waals surface area (Å²) in [5.74, 6) is 1.48. The Morgan fingerprint density at radius 1 is 1.07 bits per heavy atom. The van der Waals surface area contributed by atoms with Gasteiger partial charge in [0.15, 0.2) is 0 Å². The molecular weight excluding hydrogens is 350 g/mol. The average Bonchev–Trinajstić information content (AvgIpc) is 3.44. The molecule has 0 amide bonds. The van der Waals surface area contributed by atoms with Crippen LogP contribution in [0.3, 0.4) is 0 Å². The molecule has 0 atom stereocenters. The first-order valence-electron chi connectivity index (χ1n) is 9.70. The second-order valence-electron chi connectivity index (χ2n) is 6.97. The number of benzene rings is 2. The molecule has 1 aliphatic rings. The van der Waals surface area contributed by atoms with E-state index in [2.05, 4.69) is 20.4 Å². The molecule has 6 nitrogen and oxygen atoms in total. The van der Waals surface area contributed by atoms with Crippen molar-refractivity contribution >= 4 is 11.9 Å². The van der Waals surface area contributed by atoms with Crippen molar-refractivity contribution in [3.63, 3.8) is 0 Å². The number of aromatic amines is 1. The number of ether oxygens (including phenoxy) is 1. The van der Waals surface area contributed by atoms with Crippen LogP contribution in [-0.4, -0.2) is 47.5 Å². The minimum absolute atomic E-state index is 0.720. The van der Waals surface area contributed by atoms with Crippen molar-refractivity contribution in [1.29, 1.82) is 5.41 Å². The first-order chi connectivity index (χ1) is 13.8. The predicted octanol–water partition coefficient (Wildman–Crippen LogP) is 4.37. The molecule has 3 N–H and O–H groups in total. The lowest BCUT2D eigenvalue weighted by Gasteiger charge is -2.16. The molecule has 0 saturated carbocycles. The topological polar surface area (TPSA) is 77.0 Å². The van der Waals surface area contributed by atoms with Crippen LogP contribution in [0.1, 0.15) is 18.4 Å². The van der Waals surface area contributed by atoms with Crippen molar-refractivity contribution in [3.05, 3.63) is 60.3 Å². The van der Waals surface area contributed by atoms with Gasteiger partial charge in [-0.1, -0.05) is 0 Å². The molecule has 2 heterocycles. The van der Waals surface area contributed by atoms with Gasteiger partial charge in [0.05, 0.1) is 5.69 Å². The fourth-order valence-corrected chi connectivity index (χ4v) is 3.49. The number of hydrogen-bond acceptors (Lipinski definition) is 5. The fraction of sp³-hybridized carbons (Fsp3) is 0.273. The van der Waals surface area contributed by atoms with Gasteiger partial charge in [-0.15, -0.1) is 0 Å². The quantitative estimate of drug-likeness (QED) is 0.511. The number of H-pyrrole nitrogens is 1. The summed E-state index contributed by atoms with van der Waals surface area (Å²) in [5, 5.41) is 18.1. The van der Waals surface area contributed by atoms with E-state index in [-0.39, 0.29) is 0 Å².